The maximum atomic E-state index is 13.3. The molecule has 1 amide bonds. The zero-order valence-corrected chi connectivity index (χ0v) is 20.4. The first kappa shape index (κ1) is 25.3. The second-order valence-corrected chi connectivity index (χ2v) is 10.1. The van der Waals surface area contributed by atoms with E-state index in [1.807, 2.05) is 33.8 Å². The van der Waals surface area contributed by atoms with Crippen molar-refractivity contribution in [3.8, 4) is 0 Å². The Balaban J connectivity index is 2.47. The predicted octanol–water partition coefficient (Wildman–Crippen LogP) is 4.25. The van der Waals surface area contributed by atoms with Crippen LogP contribution in [0.1, 0.15) is 54.1 Å². The zero-order chi connectivity index (χ0) is 24.4. The second-order valence-electron chi connectivity index (χ2n) is 8.23. The molecule has 0 radical (unpaired) electrons. The highest BCUT2D eigenvalue weighted by molar-refractivity contribution is 7.92. The van der Waals surface area contributed by atoms with E-state index in [0.29, 0.717) is 5.56 Å². The standard InChI is InChI=1S/C23H31N3O5S/c1-8-21(23(27)24-18(6)20-12-16(4)15(3)11-17(20)5)25(32(7,30)31)22-13-19(26(28)29)10-9-14(22)2/h9-13,18,21H,8H2,1-7H3,(H,24,27)/t18-,21+/m0/s1. The maximum Gasteiger partial charge on any atom is 0.271 e. The molecule has 0 aliphatic rings. The van der Waals surface area contributed by atoms with Gasteiger partial charge in [0.25, 0.3) is 5.69 Å². The van der Waals surface area contributed by atoms with Crippen LogP contribution in [-0.4, -0.2) is 31.5 Å². The number of carbonyl (C=O) groups is 1. The van der Waals surface area contributed by atoms with E-state index in [4.69, 9.17) is 0 Å². The van der Waals surface area contributed by atoms with Gasteiger partial charge in [-0.2, -0.15) is 0 Å². The van der Waals surface area contributed by atoms with Gasteiger partial charge in [-0.3, -0.25) is 19.2 Å². The molecule has 0 aromatic heterocycles. The minimum atomic E-state index is -3.91. The van der Waals surface area contributed by atoms with Crippen LogP contribution in [0.3, 0.4) is 0 Å². The predicted molar refractivity (Wildman–Crippen MR) is 126 cm³/mol. The number of nitrogens with zero attached hydrogens (tertiary/aromatic N) is 2. The van der Waals surface area contributed by atoms with Crippen LogP contribution in [0.5, 0.6) is 0 Å². The first-order valence-electron chi connectivity index (χ1n) is 10.4. The SMILES string of the molecule is CC[C@H](C(=O)N[C@@H](C)c1cc(C)c(C)cc1C)N(c1cc([N+](=O)[O-])ccc1C)S(C)(=O)=O. The van der Waals surface area contributed by atoms with E-state index in [-0.39, 0.29) is 23.8 Å². The lowest BCUT2D eigenvalue weighted by Crippen LogP contribution is -2.50. The lowest BCUT2D eigenvalue weighted by Gasteiger charge is -2.32. The number of sulfonamides is 1. The minimum absolute atomic E-state index is 0.124. The molecule has 1 N–H and O–H groups in total. The van der Waals surface area contributed by atoms with Crippen LogP contribution >= 0.6 is 0 Å². The Bertz CT molecular complexity index is 1140. The van der Waals surface area contributed by atoms with E-state index in [2.05, 4.69) is 11.4 Å². The van der Waals surface area contributed by atoms with Crippen molar-refractivity contribution in [2.45, 2.75) is 60.0 Å². The number of hydrogen-bond donors (Lipinski definition) is 1. The average Bonchev–Trinajstić information content (AvgIpc) is 2.68. The van der Waals surface area contributed by atoms with E-state index >= 15 is 0 Å². The lowest BCUT2D eigenvalue weighted by atomic mass is 9.96. The molecule has 2 atom stereocenters. The van der Waals surface area contributed by atoms with Gasteiger partial charge in [0.05, 0.1) is 22.9 Å². The number of nitro benzene ring substituents is 1. The molecule has 8 nitrogen and oxygen atoms in total. The average molecular weight is 462 g/mol. The summed E-state index contributed by atoms with van der Waals surface area (Å²) in [5.41, 5.74) is 4.64. The molecule has 0 bridgehead atoms. The topological polar surface area (TPSA) is 110 Å². The Morgan fingerprint density at radius 3 is 2.19 bits per heavy atom. The monoisotopic (exact) mass is 461 g/mol. The molecule has 174 valence electrons. The van der Waals surface area contributed by atoms with Gasteiger partial charge >= 0.3 is 0 Å². The zero-order valence-electron chi connectivity index (χ0n) is 19.6. The van der Waals surface area contributed by atoms with Gasteiger partial charge in [-0.25, -0.2) is 8.42 Å². The summed E-state index contributed by atoms with van der Waals surface area (Å²) < 4.78 is 26.5. The largest absolute Gasteiger partial charge is 0.348 e. The smallest absolute Gasteiger partial charge is 0.271 e. The quantitative estimate of drug-likeness (QED) is 0.467. The van der Waals surface area contributed by atoms with Crippen molar-refractivity contribution in [3.63, 3.8) is 0 Å². The third kappa shape index (κ3) is 5.45. The van der Waals surface area contributed by atoms with Crippen LogP contribution in [0.2, 0.25) is 0 Å². The fraction of sp³-hybridized carbons (Fsp3) is 0.435. The lowest BCUT2D eigenvalue weighted by molar-refractivity contribution is -0.384. The van der Waals surface area contributed by atoms with Crippen molar-refractivity contribution < 1.29 is 18.1 Å². The van der Waals surface area contributed by atoms with Crippen molar-refractivity contribution in [1.82, 2.24) is 5.32 Å². The van der Waals surface area contributed by atoms with Crippen LogP contribution in [0.4, 0.5) is 11.4 Å². The Morgan fingerprint density at radius 2 is 1.66 bits per heavy atom. The molecule has 2 aromatic carbocycles. The number of nitro groups is 1. The third-order valence-corrected chi connectivity index (χ3v) is 6.84. The number of non-ortho nitro benzene ring substituents is 1. The molecule has 9 heteroatoms. The molecule has 2 aromatic rings. The molecular formula is C23H31N3O5S. The number of aryl methyl sites for hydroxylation is 4. The Morgan fingerprint density at radius 1 is 1.06 bits per heavy atom. The molecule has 0 heterocycles. The summed E-state index contributed by atoms with van der Waals surface area (Å²) in [4.78, 5) is 23.9. The summed E-state index contributed by atoms with van der Waals surface area (Å²) in [5, 5.41) is 14.2. The van der Waals surface area contributed by atoms with Crippen LogP contribution in [-0.2, 0) is 14.8 Å². The van der Waals surface area contributed by atoms with E-state index in [1.54, 1.807) is 13.8 Å². The Hall–Kier alpha value is -2.94. The second kappa shape index (κ2) is 9.68. The fourth-order valence-corrected chi connectivity index (χ4v) is 5.08. The van der Waals surface area contributed by atoms with Crippen molar-refractivity contribution in [2.75, 3.05) is 10.6 Å². The molecule has 0 aliphatic heterocycles. The van der Waals surface area contributed by atoms with Gasteiger partial charge in [0.1, 0.15) is 6.04 Å². The fourth-order valence-electron chi connectivity index (χ4n) is 3.82. The molecule has 0 saturated heterocycles. The number of nitrogens with one attached hydrogen (secondary N) is 1. The molecule has 0 fully saturated rings. The van der Waals surface area contributed by atoms with Crippen LogP contribution in [0.25, 0.3) is 0 Å². The molecule has 0 unspecified atom stereocenters. The molecule has 0 spiro atoms. The van der Waals surface area contributed by atoms with Gasteiger partial charge in [0.2, 0.25) is 15.9 Å². The summed E-state index contributed by atoms with van der Waals surface area (Å²) >= 11 is 0. The molecule has 0 aliphatic carbocycles. The number of benzene rings is 2. The van der Waals surface area contributed by atoms with Crippen LogP contribution < -0.4 is 9.62 Å². The summed E-state index contributed by atoms with van der Waals surface area (Å²) in [6.45, 7) is 11.2. The number of carbonyl (C=O) groups excluding carboxylic acids is 1. The minimum Gasteiger partial charge on any atom is -0.348 e. The summed E-state index contributed by atoms with van der Waals surface area (Å²) in [6.07, 6.45) is 1.19. The van der Waals surface area contributed by atoms with E-state index in [0.717, 1.165) is 32.8 Å². The van der Waals surface area contributed by atoms with Gasteiger partial charge < -0.3 is 5.32 Å². The highest BCUT2D eigenvalue weighted by Crippen LogP contribution is 2.30. The maximum absolute atomic E-state index is 13.3. The highest BCUT2D eigenvalue weighted by atomic mass is 32.2. The number of rotatable bonds is 8. The van der Waals surface area contributed by atoms with Crippen molar-refractivity contribution in [2.24, 2.45) is 0 Å². The summed E-state index contributed by atoms with van der Waals surface area (Å²) in [7, 11) is -3.91. The molecule has 32 heavy (non-hydrogen) atoms. The number of amides is 1. The van der Waals surface area contributed by atoms with E-state index < -0.39 is 26.9 Å². The van der Waals surface area contributed by atoms with Crippen LogP contribution in [0, 0.1) is 37.8 Å². The molecule has 2 rings (SSSR count). The van der Waals surface area contributed by atoms with Gasteiger partial charge in [-0.05, 0) is 68.9 Å². The first-order valence-corrected chi connectivity index (χ1v) is 12.2. The molecule has 0 saturated carbocycles. The van der Waals surface area contributed by atoms with Gasteiger partial charge in [-0.1, -0.05) is 25.1 Å². The van der Waals surface area contributed by atoms with E-state index in [1.165, 1.54) is 18.2 Å². The highest BCUT2D eigenvalue weighted by Gasteiger charge is 2.34. The summed E-state index contributed by atoms with van der Waals surface area (Å²) in [5.74, 6) is -0.464. The Kier molecular flexibility index (Phi) is 7.66. The van der Waals surface area contributed by atoms with Crippen molar-refractivity contribution in [3.05, 3.63) is 68.3 Å². The summed E-state index contributed by atoms with van der Waals surface area (Å²) in [6, 6.07) is 6.67. The van der Waals surface area contributed by atoms with Crippen molar-refractivity contribution >= 4 is 27.3 Å². The number of anilines is 1. The number of hydrogen-bond acceptors (Lipinski definition) is 5. The van der Waals surface area contributed by atoms with Gasteiger partial charge in [0, 0.05) is 12.1 Å². The molecular weight excluding hydrogens is 430 g/mol. The third-order valence-electron chi connectivity index (χ3n) is 5.68. The van der Waals surface area contributed by atoms with Crippen LogP contribution in [0.15, 0.2) is 30.3 Å². The Labute approximate surface area is 189 Å². The van der Waals surface area contributed by atoms with E-state index in [9.17, 15) is 23.3 Å². The first-order chi connectivity index (χ1) is 14.8. The normalized spacial score (nSPS) is 13.3. The van der Waals surface area contributed by atoms with Gasteiger partial charge in [-0.15, -0.1) is 0 Å². The van der Waals surface area contributed by atoms with Crippen molar-refractivity contribution in [1.29, 1.82) is 0 Å². The van der Waals surface area contributed by atoms with Gasteiger partial charge in [0.15, 0.2) is 0 Å².